The fraction of sp³-hybridized carbons (Fsp3) is 0.533. The van der Waals surface area contributed by atoms with Crippen LogP contribution in [0.5, 0.6) is 0 Å². The Labute approximate surface area is 127 Å². The highest BCUT2D eigenvalue weighted by Crippen LogP contribution is 2.29. The van der Waals surface area contributed by atoms with E-state index in [4.69, 9.17) is 0 Å². The van der Waals surface area contributed by atoms with Gasteiger partial charge in [0.2, 0.25) is 0 Å². The van der Waals surface area contributed by atoms with E-state index in [1.807, 2.05) is 13.8 Å². The maximum atomic E-state index is 12.4. The summed E-state index contributed by atoms with van der Waals surface area (Å²) in [6, 6.07) is 4.11. The van der Waals surface area contributed by atoms with Crippen LogP contribution in [0.4, 0.5) is 18.0 Å². The summed E-state index contributed by atoms with van der Waals surface area (Å²) in [7, 11) is 0. The summed E-state index contributed by atoms with van der Waals surface area (Å²) in [5.74, 6) is 0. The van der Waals surface area contributed by atoms with Gasteiger partial charge in [-0.25, -0.2) is 4.79 Å². The molecule has 0 spiro atoms. The molecule has 0 unspecified atom stereocenters. The van der Waals surface area contributed by atoms with Gasteiger partial charge in [-0.3, -0.25) is 0 Å². The zero-order chi connectivity index (χ0) is 16.8. The first-order chi connectivity index (χ1) is 10.2. The smallest absolute Gasteiger partial charge is 0.388 e. The Kier molecular flexibility index (Phi) is 6.22. The molecule has 0 aliphatic rings. The number of carbonyl (C=O) groups is 1. The molecule has 0 saturated carbocycles. The molecule has 2 amide bonds. The van der Waals surface area contributed by atoms with Crippen LogP contribution in [0.15, 0.2) is 24.3 Å². The summed E-state index contributed by atoms with van der Waals surface area (Å²) in [6.07, 6.45) is -3.33. The summed E-state index contributed by atoms with van der Waals surface area (Å²) in [5.41, 5.74) is -1.10. The molecule has 1 aromatic carbocycles. The van der Waals surface area contributed by atoms with Gasteiger partial charge in [0.25, 0.3) is 0 Å². The van der Waals surface area contributed by atoms with Crippen LogP contribution >= 0.6 is 0 Å². The van der Waals surface area contributed by atoms with Crippen LogP contribution in [-0.4, -0.2) is 23.3 Å². The normalized spacial score (nSPS) is 12.1. The van der Waals surface area contributed by atoms with Crippen molar-refractivity contribution < 1.29 is 23.1 Å². The molecule has 0 aromatic heterocycles. The van der Waals surface area contributed by atoms with Crippen molar-refractivity contribution in [3.63, 3.8) is 0 Å². The molecule has 0 fully saturated rings. The molecule has 0 saturated heterocycles. The topological polar surface area (TPSA) is 61.4 Å². The molecule has 0 aliphatic heterocycles. The lowest BCUT2D eigenvalue weighted by molar-refractivity contribution is -0.137. The monoisotopic (exact) mass is 318 g/mol. The number of nitrogens with one attached hydrogen (secondary N) is 2. The van der Waals surface area contributed by atoms with Crippen molar-refractivity contribution in [1.29, 1.82) is 0 Å². The van der Waals surface area contributed by atoms with E-state index in [0.29, 0.717) is 18.4 Å². The molecule has 0 radical (unpaired) electrons. The molecule has 22 heavy (non-hydrogen) atoms. The molecule has 1 rings (SSSR count). The van der Waals surface area contributed by atoms with E-state index in [9.17, 15) is 23.1 Å². The highest BCUT2D eigenvalue weighted by Gasteiger charge is 2.29. The molecule has 7 heteroatoms. The Balaban J connectivity index is 2.44. The zero-order valence-electron chi connectivity index (χ0n) is 12.6. The van der Waals surface area contributed by atoms with Crippen LogP contribution in [0, 0.1) is 0 Å². The summed E-state index contributed by atoms with van der Waals surface area (Å²) >= 11 is 0. The SMILES string of the molecule is CCC(O)(CC)CNC(=O)NCc1ccc(C(F)(F)F)cc1. The van der Waals surface area contributed by atoms with Gasteiger partial charge in [0, 0.05) is 13.1 Å². The maximum absolute atomic E-state index is 12.4. The third-order valence-corrected chi connectivity index (χ3v) is 3.63. The number of carbonyl (C=O) groups excluding carboxylic acids is 1. The van der Waals surface area contributed by atoms with Crippen LogP contribution in [0.3, 0.4) is 0 Å². The first-order valence-corrected chi connectivity index (χ1v) is 7.10. The van der Waals surface area contributed by atoms with Gasteiger partial charge in [-0.15, -0.1) is 0 Å². The molecule has 3 N–H and O–H groups in total. The Bertz CT molecular complexity index is 483. The van der Waals surface area contributed by atoms with E-state index in [1.165, 1.54) is 12.1 Å². The molecule has 1 aromatic rings. The van der Waals surface area contributed by atoms with Gasteiger partial charge in [0.05, 0.1) is 11.2 Å². The average Bonchev–Trinajstić information content (AvgIpc) is 2.50. The van der Waals surface area contributed by atoms with Crippen LogP contribution < -0.4 is 10.6 Å². The third-order valence-electron chi connectivity index (χ3n) is 3.63. The lowest BCUT2D eigenvalue weighted by Crippen LogP contribution is -2.45. The Hall–Kier alpha value is -1.76. The molecule has 124 valence electrons. The number of urea groups is 1. The molecule has 4 nitrogen and oxygen atoms in total. The number of hydrogen-bond donors (Lipinski definition) is 3. The molecular formula is C15H21F3N2O2. The van der Waals surface area contributed by atoms with Crippen molar-refractivity contribution in [2.75, 3.05) is 6.54 Å². The van der Waals surface area contributed by atoms with E-state index < -0.39 is 23.4 Å². The van der Waals surface area contributed by atoms with Crippen molar-refractivity contribution >= 4 is 6.03 Å². The number of amides is 2. The standard InChI is InChI=1S/C15H21F3N2O2/c1-3-14(22,4-2)10-20-13(21)19-9-11-5-7-12(8-6-11)15(16,17)18/h5-8,22H,3-4,9-10H2,1-2H3,(H2,19,20,21). The van der Waals surface area contributed by atoms with Crippen LogP contribution in [0.25, 0.3) is 0 Å². The lowest BCUT2D eigenvalue weighted by Gasteiger charge is -2.25. The van der Waals surface area contributed by atoms with E-state index in [0.717, 1.165) is 12.1 Å². The number of alkyl halides is 3. The van der Waals surface area contributed by atoms with Crippen LogP contribution in [0.2, 0.25) is 0 Å². The van der Waals surface area contributed by atoms with Gasteiger partial charge in [-0.05, 0) is 30.5 Å². The minimum atomic E-state index is -4.37. The fourth-order valence-electron chi connectivity index (χ4n) is 1.80. The largest absolute Gasteiger partial charge is 0.416 e. The van der Waals surface area contributed by atoms with Gasteiger partial charge < -0.3 is 15.7 Å². The Morgan fingerprint density at radius 2 is 1.64 bits per heavy atom. The summed E-state index contributed by atoms with van der Waals surface area (Å²) < 4.78 is 37.2. The van der Waals surface area contributed by atoms with E-state index >= 15 is 0 Å². The molecular weight excluding hydrogens is 297 g/mol. The van der Waals surface area contributed by atoms with Gasteiger partial charge in [-0.1, -0.05) is 26.0 Å². The number of halogens is 3. The van der Waals surface area contributed by atoms with Crippen LogP contribution in [0.1, 0.15) is 37.8 Å². The minimum absolute atomic E-state index is 0.112. The Morgan fingerprint density at radius 1 is 1.09 bits per heavy atom. The van der Waals surface area contributed by atoms with Gasteiger partial charge >= 0.3 is 12.2 Å². The number of hydrogen-bond acceptors (Lipinski definition) is 2. The minimum Gasteiger partial charge on any atom is -0.388 e. The van der Waals surface area contributed by atoms with E-state index in [2.05, 4.69) is 10.6 Å². The highest BCUT2D eigenvalue weighted by molar-refractivity contribution is 5.73. The second-order valence-electron chi connectivity index (χ2n) is 5.16. The predicted octanol–water partition coefficient (Wildman–Crippen LogP) is 3.06. The third kappa shape index (κ3) is 5.55. The molecule has 0 atom stereocenters. The molecule has 0 bridgehead atoms. The first kappa shape index (κ1) is 18.3. The summed E-state index contributed by atoms with van der Waals surface area (Å²) in [5, 5.41) is 15.1. The van der Waals surface area contributed by atoms with Gasteiger partial charge in [0.1, 0.15) is 0 Å². The van der Waals surface area contributed by atoms with Crippen molar-refractivity contribution in [3.05, 3.63) is 35.4 Å². The molecule has 0 heterocycles. The van der Waals surface area contributed by atoms with Gasteiger partial charge in [0.15, 0.2) is 0 Å². The van der Waals surface area contributed by atoms with Crippen LogP contribution in [-0.2, 0) is 12.7 Å². The summed E-state index contributed by atoms with van der Waals surface area (Å²) in [6.45, 7) is 3.88. The lowest BCUT2D eigenvalue weighted by atomic mass is 9.98. The maximum Gasteiger partial charge on any atom is 0.416 e. The van der Waals surface area contributed by atoms with Crippen molar-refractivity contribution in [2.24, 2.45) is 0 Å². The second-order valence-corrected chi connectivity index (χ2v) is 5.16. The Morgan fingerprint density at radius 3 is 2.09 bits per heavy atom. The number of benzene rings is 1. The quantitative estimate of drug-likeness (QED) is 0.755. The first-order valence-electron chi connectivity index (χ1n) is 7.10. The number of aliphatic hydroxyl groups is 1. The number of rotatable bonds is 6. The predicted molar refractivity (Wildman–Crippen MR) is 77.2 cm³/mol. The summed E-state index contributed by atoms with van der Waals surface area (Å²) in [4.78, 5) is 11.6. The highest BCUT2D eigenvalue weighted by atomic mass is 19.4. The van der Waals surface area contributed by atoms with E-state index in [-0.39, 0.29) is 13.1 Å². The average molecular weight is 318 g/mol. The van der Waals surface area contributed by atoms with Crippen molar-refractivity contribution in [3.8, 4) is 0 Å². The van der Waals surface area contributed by atoms with Gasteiger partial charge in [-0.2, -0.15) is 13.2 Å². The zero-order valence-corrected chi connectivity index (χ0v) is 12.6. The molecule has 0 aliphatic carbocycles. The van der Waals surface area contributed by atoms with E-state index in [1.54, 1.807) is 0 Å². The fourth-order valence-corrected chi connectivity index (χ4v) is 1.80. The van der Waals surface area contributed by atoms with Crippen molar-refractivity contribution in [2.45, 2.75) is 45.0 Å². The van der Waals surface area contributed by atoms with Crippen molar-refractivity contribution in [1.82, 2.24) is 10.6 Å². The second kappa shape index (κ2) is 7.49.